The van der Waals surface area contributed by atoms with Crippen molar-refractivity contribution in [3.8, 4) is 11.5 Å². The van der Waals surface area contributed by atoms with Gasteiger partial charge in [-0.1, -0.05) is 6.07 Å². The number of aromatic nitrogens is 1. The van der Waals surface area contributed by atoms with Gasteiger partial charge in [-0.15, -0.1) is 0 Å². The molecule has 0 spiro atoms. The molecule has 0 aliphatic rings. The van der Waals surface area contributed by atoms with E-state index in [1.807, 2.05) is 36.0 Å². The Labute approximate surface area is 164 Å². The van der Waals surface area contributed by atoms with Gasteiger partial charge in [-0.3, -0.25) is 4.90 Å². The highest BCUT2D eigenvalue weighted by Gasteiger charge is 2.15. The second-order valence-corrected chi connectivity index (χ2v) is 7.13. The second kappa shape index (κ2) is 8.63. The number of methoxy groups -OCH3 is 2. The maximum atomic E-state index is 13.8. The molecule has 0 saturated carbocycles. The van der Waals surface area contributed by atoms with E-state index in [9.17, 15) is 9.50 Å². The van der Waals surface area contributed by atoms with Gasteiger partial charge in [-0.2, -0.15) is 0 Å². The molecule has 0 aliphatic heterocycles. The van der Waals surface area contributed by atoms with E-state index in [-0.39, 0.29) is 5.82 Å². The van der Waals surface area contributed by atoms with Crippen LogP contribution in [-0.4, -0.2) is 41.4 Å². The minimum atomic E-state index is -0.480. The van der Waals surface area contributed by atoms with Crippen molar-refractivity contribution in [3.05, 3.63) is 59.5 Å². The molecule has 28 heavy (non-hydrogen) atoms. The number of aryl methyl sites for hydroxylation is 1. The van der Waals surface area contributed by atoms with Crippen LogP contribution in [0.2, 0.25) is 0 Å². The quantitative estimate of drug-likeness (QED) is 0.641. The first-order chi connectivity index (χ1) is 13.4. The van der Waals surface area contributed by atoms with E-state index in [0.29, 0.717) is 31.1 Å². The first kappa shape index (κ1) is 20.2. The molecule has 0 fully saturated rings. The molecule has 150 valence electrons. The summed E-state index contributed by atoms with van der Waals surface area (Å²) >= 11 is 0. The lowest BCUT2D eigenvalue weighted by atomic mass is 10.1. The summed E-state index contributed by atoms with van der Waals surface area (Å²) in [5.41, 5.74) is 3.06. The third-order valence-corrected chi connectivity index (χ3v) is 4.80. The van der Waals surface area contributed by atoms with Crippen LogP contribution in [0.5, 0.6) is 11.5 Å². The highest BCUT2D eigenvalue weighted by atomic mass is 19.1. The topological polar surface area (TPSA) is 46.9 Å². The molecule has 6 heteroatoms. The van der Waals surface area contributed by atoms with Crippen molar-refractivity contribution < 1.29 is 19.0 Å². The maximum absolute atomic E-state index is 13.8. The average molecular weight is 386 g/mol. The number of rotatable bonds is 8. The second-order valence-electron chi connectivity index (χ2n) is 7.13. The molecule has 0 aliphatic carbocycles. The zero-order chi connectivity index (χ0) is 20.3. The van der Waals surface area contributed by atoms with Gasteiger partial charge in [0.05, 0.1) is 20.3 Å². The van der Waals surface area contributed by atoms with E-state index >= 15 is 0 Å². The summed E-state index contributed by atoms with van der Waals surface area (Å²) in [6.07, 6.45) is 1.54. The van der Waals surface area contributed by atoms with Gasteiger partial charge in [0, 0.05) is 43.8 Å². The molecule has 1 N–H and O–H groups in total. The lowest BCUT2D eigenvalue weighted by molar-refractivity contribution is 0.118. The number of fused-ring (bicyclic) bond motifs is 1. The fourth-order valence-corrected chi connectivity index (χ4v) is 3.61. The fourth-order valence-electron chi connectivity index (χ4n) is 3.61. The standard InChI is InChI=1S/C22H27FN2O3/c1-15(26)11-25(12-16-5-8-21(27-3)22(9-16)28-4)14-17-13-24(2)20-7-6-18(23)10-19(17)20/h5-10,13,15,26H,11-12,14H2,1-4H3. The third kappa shape index (κ3) is 4.46. The number of aliphatic hydroxyl groups is 1. The Morgan fingerprint density at radius 1 is 1.07 bits per heavy atom. The van der Waals surface area contributed by atoms with Crippen LogP contribution in [0.25, 0.3) is 10.9 Å². The predicted octanol–water partition coefficient (Wildman–Crippen LogP) is 3.72. The van der Waals surface area contributed by atoms with Crippen molar-refractivity contribution in [2.45, 2.75) is 26.1 Å². The minimum Gasteiger partial charge on any atom is -0.493 e. The normalized spacial score (nSPS) is 12.5. The van der Waals surface area contributed by atoms with E-state index < -0.39 is 6.10 Å². The van der Waals surface area contributed by atoms with Gasteiger partial charge >= 0.3 is 0 Å². The monoisotopic (exact) mass is 386 g/mol. The number of ether oxygens (including phenoxy) is 2. The van der Waals surface area contributed by atoms with Crippen LogP contribution < -0.4 is 9.47 Å². The van der Waals surface area contributed by atoms with Gasteiger partial charge in [0.1, 0.15) is 5.82 Å². The van der Waals surface area contributed by atoms with E-state index in [0.717, 1.165) is 22.0 Å². The van der Waals surface area contributed by atoms with E-state index in [2.05, 4.69) is 4.90 Å². The van der Waals surface area contributed by atoms with Crippen LogP contribution in [0.1, 0.15) is 18.1 Å². The van der Waals surface area contributed by atoms with Crippen molar-refractivity contribution >= 4 is 10.9 Å². The fraction of sp³-hybridized carbons (Fsp3) is 0.364. The Kier molecular flexibility index (Phi) is 6.21. The van der Waals surface area contributed by atoms with Gasteiger partial charge < -0.3 is 19.1 Å². The summed E-state index contributed by atoms with van der Waals surface area (Å²) in [5, 5.41) is 10.9. The highest BCUT2D eigenvalue weighted by molar-refractivity contribution is 5.84. The lowest BCUT2D eigenvalue weighted by Crippen LogP contribution is -2.30. The van der Waals surface area contributed by atoms with E-state index in [4.69, 9.17) is 9.47 Å². The molecular weight excluding hydrogens is 359 g/mol. The first-order valence-electron chi connectivity index (χ1n) is 9.26. The number of aliphatic hydroxyl groups excluding tert-OH is 1. The van der Waals surface area contributed by atoms with Crippen LogP contribution >= 0.6 is 0 Å². The number of halogens is 1. The minimum absolute atomic E-state index is 0.248. The Hall–Kier alpha value is -2.57. The van der Waals surface area contributed by atoms with E-state index in [1.54, 1.807) is 33.3 Å². The molecule has 1 atom stereocenters. The van der Waals surface area contributed by atoms with Gasteiger partial charge in [-0.05, 0) is 48.4 Å². The third-order valence-electron chi connectivity index (χ3n) is 4.80. The lowest BCUT2D eigenvalue weighted by Gasteiger charge is -2.24. The maximum Gasteiger partial charge on any atom is 0.161 e. The molecule has 3 aromatic rings. The van der Waals surface area contributed by atoms with Crippen molar-refractivity contribution in [1.82, 2.24) is 9.47 Å². The molecule has 1 unspecified atom stereocenters. The van der Waals surface area contributed by atoms with Crippen LogP contribution in [-0.2, 0) is 20.1 Å². The van der Waals surface area contributed by atoms with Crippen molar-refractivity contribution in [1.29, 1.82) is 0 Å². The van der Waals surface area contributed by atoms with Crippen molar-refractivity contribution in [2.75, 3.05) is 20.8 Å². The summed E-state index contributed by atoms with van der Waals surface area (Å²) < 4.78 is 26.5. The molecule has 3 rings (SSSR count). The van der Waals surface area contributed by atoms with Gasteiger partial charge in [0.15, 0.2) is 11.5 Å². The molecule has 2 aromatic carbocycles. The number of benzene rings is 2. The molecule has 0 amide bonds. The number of hydrogen-bond donors (Lipinski definition) is 1. The largest absolute Gasteiger partial charge is 0.493 e. The average Bonchev–Trinajstić information content (AvgIpc) is 2.95. The van der Waals surface area contributed by atoms with Crippen LogP contribution in [0.3, 0.4) is 0 Å². The molecule has 0 bridgehead atoms. The van der Waals surface area contributed by atoms with Crippen LogP contribution in [0.15, 0.2) is 42.6 Å². The van der Waals surface area contributed by atoms with Gasteiger partial charge in [0.2, 0.25) is 0 Å². The SMILES string of the molecule is COc1ccc(CN(Cc2cn(C)c3ccc(F)cc23)CC(C)O)cc1OC. The predicted molar refractivity (Wildman–Crippen MR) is 108 cm³/mol. The zero-order valence-electron chi connectivity index (χ0n) is 16.8. The summed E-state index contributed by atoms with van der Waals surface area (Å²) in [5.74, 6) is 1.10. The summed E-state index contributed by atoms with van der Waals surface area (Å²) in [6.45, 7) is 3.49. The Morgan fingerprint density at radius 2 is 1.82 bits per heavy atom. The molecule has 5 nitrogen and oxygen atoms in total. The van der Waals surface area contributed by atoms with Crippen molar-refractivity contribution in [2.24, 2.45) is 7.05 Å². The smallest absolute Gasteiger partial charge is 0.161 e. The van der Waals surface area contributed by atoms with Gasteiger partial charge in [-0.25, -0.2) is 4.39 Å². The Morgan fingerprint density at radius 3 is 2.50 bits per heavy atom. The number of nitrogens with zero attached hydrogens (tertiary/aromatic N) is 2. The summed E-state index contributed by atoms with van der Waals surface area (Å²) in [6, 6.07) is 10.6. The Bertz CT molecular complexity index is 952. The highest BCUT2D eigenvalue weighted by Crippen LogP contribution is 2.29. The van der Waals surface area contributed by atoms with Gasteiger partial charge in [0.25, 0.3) is 0 Å². The zero-order valence-corrected chi connectivity index (χ0v) is 16.8. The van der Waals surface area contributed by atoms with Crippen LogP contribution in [0.4, 0.5) is 4.39 Å². The summed E-state index contributed by atoms with van der Waals surface area (Å²) in [4.78, 5) is 2.14. The van der Waals surface area contributed by atoms with E-state index in [1.165, 1.54) is 6.07 Å². The molecule has 0 saturated heterocycles. The molecule has 0 radical (unpaired) electrons. The summed E-state index contributed by atoms with van der Waals surface area (Å²) in [7, 11) is 5.17. The molecule has 1 heterocycles. The first-order valence-corrected chi connectivity index (χ1v) is 9.26. The Balaban J connectivity index is 1.88. The number of hydrogen-bond acceptors (Lipinski definition) is 4. The molecular formula is C22H27FN2O3. The van der Waals surface area contributed by atoms with Crippen LogP contribution in [0, 0.1) is 5.82 Å². The molecule has 1 aromatic heterocycles. The van der Waals surface area contributed by atoms with Crippen molar-refractivity contribution in [3.63, 3.8) is 0 Å².